The molecular formula is C9H11BrFNO3S. The second-order valence-electron chi connectivity index (χ2n) is 3.28. The van der Waals surface area contributed by atoms with Gasteiger partial charge in [-0.1, -0.05) is 15.9 Å². The molecule has 0 saturated carbocycles. The van der Waals surface area contributed by atoms with Crippen molar-refractivity contribution in [1.29, 1.82) is 0 Å². The Morgan fingerprint density at radius 2 is 2.19 bits per heavy atom. The highest BCUT2D eigenvalue weighted by Crippen LogP contribution is 2.19. The second kappa shape index (κ2) is 5.22. The number of halogens is 2. The quantitative estimate of drug-likeness (QED) is 0.879. The van der Waals surface area contributed by atoms with Crippen molar-refractivity contribution in [1.82, 2.24) is 4.72 Å². The van der Waals surface area contributed by atoms with E-state index < -0.39 is 26.8 Å². The fraction of sp³-hybridized carbons (Fsp3) is 0.333. The summed E-state index contributed by atoms with van der Waals surface area (Å²) in [6.45, 7) is 1.27. The van der Waals surface area contributed by atoms with E-state index in [1.54, 1.807) is 0 Å². The number of nitrogens with one attached hydrogen (secondary N) is 1. The van der Waals surface area contributed by atoms with E-state index in [1.807, 2.05) is 0 Å². The molecular weight excluding hydrogens is 301 g/mol. The van der Waals surface area contributed by atoms with Crippen LogP contribution in [0.4, 0.5) is 4.39 Å². The molecule has 0 aliphatic heterocycles. The molecule has 0 spiro atoms. The first-order valence-electron chi connectivity index (χ1n) is 4.45. The zero-order valence-electron chi connectivity index (χ0n) is 8.44. The Kier molecular flexibility index (Phi) is 4.43. The molecule has 1 atom stereocenters. The normalized spacial score (nSPS) is 13.8. The minimum atomic E-state index is -3.92. The molecule has 1 rings (SSSR count). The highest BCUT2D eigenvalue weighted by atomic mass is 79.9. The zero-order chi connectivity index (χ0) is 12.3. The summed E-state index contributed by atoms with van der Waals surface area (Å²) < 4.78 is 39.1. The number of hydrogen-bond donors (Lipinski definition) is 2. The van der Waals surface area contributed by atoms with Gasteiger partial charge in [-0.05, 0) is 25.1 Å². The van der Waals surface area contributed by atoms with Gasteiger partial charge in [0.15, 0.2) is 0 Å². The topological polar surface area (TPSA) is 66.4 Å². The van der Waals surface area contributed by atoms with Gasteiger partial charge in [-0.3, -0.25) is 0 Å². The van der Waals surface area contributed by atoms with E-state index >= 15 is 0 Å². The van der Waals surface area contributed by atoms with Crippen LogP contribution in [-0.2, 0) is 10.0 Å². The number of sulfonamides is 1. The van der Waals surface area contributed by atoms with Crippen molar-refractivity contribution in [2.75, 3.05) is 6.54 Å². The van der Waals surface area contributed by atoms with Gasteiger partial charge in [0.05, 0.1) is 6.10 Å². The van der Waals surface area contributed by atoms with E-state index in [4.69, 9.17) is 5.11 Å². The molecule has 0 saturated heterocycles. The van der Waals surface area contributed by atoms with Crippen LogP contribution in [-0.4, -0.2) is 26.2 Å². The first-order valence-corrected chi connectivity index (χ1v) is 6.73. The third-order valence-corrected chi connectivity index (χ3v) is 3.68. The minimum absolute atomic E-state index is 0.158. The maximum atomic E-state index is 13.3. The van der Waals surface area contributed by atoms with Crippen molar-refractivity contribution in [3.8, 4) is 0 Å². The molecule has 4 nitrogen and oxygen atoms in total. The van der Waals surface area contributed by atoms with Crippen LogP contribution in [0.1, 0.15) is 6.92 Å². The predicted octanol–water partition coefficient (Wildman–Crippen LogP) is 1.25. The summed E-state index contributed by atoms with van der Waals surface area (Å²) in [4.78, 5) is -0.442. The third-order valence-electron chi connectivity index (χ3n) is 1.75. The Morgan fingerprint density at radius 1 is 1.56 bits per heavy atom. The SMILES string of the molecule is CC(O)CNS(=O)(=O)c1cc(Br)ccc1F. The highest BCUT2D eigenvalue weighted by molar-refractivity contribution is 9.10. The van der Waals surface area contributed by atoms with E-state index in [-0.39, 0.29) is 6.54 Å². The van der Waals surface area contributed by atoms with Gasteiger partial charge in [0, 0.05) is 11.0 Å². The highest BCUT2D eigenvalue weighted by Gasteiger charge is 2.19. The molecule has 0 aromatic heterocycles. The Balaban J connectivity index is 3.02. The zero-order valence-corrected chi connectivity index (χ0v) is 10.8. The van der Waals surface area contributed by atoms with Crippen molar-refractivity contribution in [3.05, 3.63) is 28.5 Å². The van der Waals surface area contributed by atoms with Crippen molar-refractivity contribution in [3.63, 3.8) is 0 Å². The first kappa shape index (κ1) is 13.6. The number of aliphatic hydroxyl groups is 1. The third kappa shape index (κ3) is 3.51. The van der Waals surface area contributed by atoms with E-state index in [2.05, 4.69) is 20.7 Å². The molecule has 1 unspecified atom stereocenters. The number of rotatable bonds is 4. The molecule has 0 bridgehead atoms. The molecule has 0 amide bonds. The summed E-state index contributed by atoms with van der Waals surface area (Å²) in [6, 6.07) is 3.63. The van der Waals surface area contributed by atoms with Crippen LogP contribution in [0, 0.1) is 5.82 Å². The lowest BCUT2D eigenvalue weighted by atomic mass is 10.3. The molecule has 0 aliphatic rings. The molecule has 7 heteroatoms. The Bertz CT molecular complexity index is 476. The fourth-order valence-electron chi connectivity index (χ4n) is 0.991. The van der Waals surface area contributed by atoms with Gasteiger partial charge in [0.1, 0.15) is 10.7 Å². The van der Waals surface area contributed by atoms with Crippen molar-refractivity contribution in [2.24, 2.45) is 0 Å². The maximum Gasteiger partial charge on any atom is 0.243 e. The van der Waals surface area contributed by atoms with Gasteiger partial charge < -0.3 is 5.11 Å². The van der Waals surface area contributed by atoms with Crippen LogP contribution in [0.3, 0.4) is 0 Å². The van der Waals surface area contributed by atoms with Crippen molar-refractivity contribution >= 4 is 26.0 Å². The lowest BCUT2D eigenvalue weighted by molar-refractivity contribution is 0.198. The second-order valence-corrected chi connectivity index (χ2v) is 5.93. The number of benzene rings is 1. The average molecular weight is 312 g/mol. The van der Waals surface area contributed by atoms with Crippen LogP contribution in [0.2, 0.25) is 0 Å². The molecule has 16 heavy (non-hydrogen) atoms. The summed E-state index contributed by atoms with van der Waals surface area (Å²) in [5.74, 6) is -0.832. The summed E-state index contributed by atoms with van der Waals surface area (Å²) in [7, 11) is -3.92. The molecule has 0 fully saturated rings. The van der Waals surface area contributed by atoms with E-state index in [0.717, 1.165) is 6.07 Å². The summed E-state index contributed by atoms with van der Waals surface area (Å²) in [6.07, 6.45) is -0.829. The molecule has 2 N–H and O–H groups in total. The standard InChI is InChI=1S/C9H11BrFNO3S/c1-6(13)5-12-16(14,15)9-4-7(10)2-3-8(9)11/h2-4,6,12-13H,5H2,1H3. The van der Waals surface area contributed by atoms with Gasteiger partial charge in [-0.2, -0.15) is 0 Å². The van der Waals surface area contributed by atoms with Gasteiger partial charge in [-0.15, -0.1) is 0 Å². The molecule has 1 aromatic rings. The Hall–Kier alpha value is -0.500. The van der Waals surface area contributed by atoms with Gasteiger partial charge in [0.2, 0.25) is 10.0 Å². The first-order chi connectivity index (χ1) is 7.33. The van der Waals surface area contributed by atoms with Crippen molar-refractivity contribution in [2.45, 2.75) is 17.9 Å². The van der Waals surface area contributed by atoms with Gasteiger partial charge in [-0.25, -0.2) is 17.5 Å². The predicted molar refractivity (Wildman–Crippen MR) is 61.0 cm³/mol. The number of aliphatic hydroxyl groups excluding tert-OH is 1. The lowest BCUT2D eigenvalue weighted by Gasteiger charge is -2.09. The van der Waals surface area contributed by atoms with Crippen LogP contribution >= 0.6 is 15.9 Å². The monoisotopic (exact) mass is 311 g/mol. The molecule has 1 aromatic carbocycles. The Labute approximate surface area is 102 Å². The average Bonchev–Trinajstić information content (AvgIpc) is 2.19. The van der Waals surface area contributed by atoms with Crippen molar-refractivity contribution < 1.29 is 17.9 Å². The van der Waals surface area contributed by atoms with Crippen LogP contribution in [0.5, 0.6) is 0 Å². The van der Waals surface area contributed by atoms with Gasteiger partial charge in [0.25, 0.3) is 0 Å². The smallest absolute Gasteiger partial charge is 0.243 e. The molecule has 0 heterocycles. The fourth-order valence-corrected chi connectivity index (χ4v) is 2.73. The van der Waals surface area contributed by atoms with E-state index in [1.165, 1.54) is 19.1 Å². The van der Waals surface area contributed by atoms with Crippen LogP contribution in [0.15, 0.2) is 27.6 Å². The summed E-state index contributed by atoms with van der Waals surface area (Å²) in [5, 5.41) is 8.96. The van der Waals surface area contributed by atoms with E-state index in [0.29, 0.717) is 4.47 Å². The molecule has 0 radical (unpaired) electrons. The van der Waals surface area contributed by atoms with Gasteiger partial charge >= 0.3 is 0 Å². The Morgan fingerprint density at radius 3 is 2.75 bits per heavy atom. The number of hydrogen-bond acceptors (Lipinski definition) is 3. The summed E-state index contributed by atoms with van der Waals surface area (Å²) in [5.41, 5.74) is 0. The van der Waals surface area contributed by atoms with Crippen LogP contribution < -0.4 is 4.72 Å². The lowest BCUT2D eigenvalue weighted by Crippen LogP contribution is -2.31. The largest absolute Gasteiger partial charge is 0.392 e. The summed E-state index contributed by atoms with van der Waals surface area (Å²) >= 11 is 3.06. The van der Waals surface area contributed by atoms with Crippen LogP contribution in [0.25, 0.3) is 0 Å². The minimum Gasteiger partial charge on any atom is -0.392 e. The maximum absolute atomic E-state index is 13.3. The van der Waals surface area contributed by atoms with E-state index in [9.17, 15) is 12.8 Å². The molecule has 0 aliphatic carbocycles. The molecule has 90 valence electrons.